The number of halogens is 2. The first-order valence-electron chi connectivity index (χ1n) is 8.32. The predicted molar refractivity (Wildman–Crippen MR) is 105 cm³/mol. The third-order valence-corrected chi connectivity index (χ3v) is 6.38. The van der Waals surface area contributed by atoms with E-state index in [-0.39, 0.29) is 16.5 Å². The Morgan fingerprint density at radius 1 is 1.04 bits per heavy atom. The standard InChI is InChI=1S/C18H20Cl2N2O3S/c19-15-3-6-17(20)18(13-15)26(23,24)21-8-7-14-1-4-16(5-2-14)22-9-11-25-12-10-22/h1-6,13,21H,7-12H2. The number of anilines is 1. The Hall–Kier alpha value is -1.31. The number of sulfonamides is 1. The summed E-state index contributed by atoms with van der Waals surface area (Å²) in [5, 5.41) is 0.477. The number of nitrogens with zero attached hydrogens (tertiary/aromatic N) is 1. The lowest BCUT2D eigenvalue weighted by Gasteiger charge is -2.28. The van der Waals surface area contributed by atoms with Gasteiger partial charge in [-0.05, 0) is 42.3 Å². The molecule has 0 bridgehead atoms. The van der Waals surface area contributed by atoms with Gasteiger partial charge in [-0.25, -0.2) is 13.1 Å². The van der Waals surface area contributed by atoms with Gasteiger partial charge in [-0.1, -0.05) is 35.3 Å². The van der Waals surface area contributed by atoms with Crippen LogP contribution in [-0.4, -0.2) is 41.3 Å². The molecule has 0 aromatic heterocycles. The second-order valence-corrected chi connectivity index (χ2v) is 8.57. The third-order valence-electron chi connectivity index (χ3n) is 4.20. The molecule has 0 atom stereocenters. The average Bonchev–Trinajstić information content (AvgIpc) is 2.65. The van der Waals surface area contributed by atoms with E-state index in [0.717, 1.165) is 37.6 Å². The van der Waals surface area contributed by atoms with E-state index in [1.165, 1.54) is 12.1 Å². The van der Waals surface area contributed by atoms with Crippen molar-refractivity contribution in [1.29, 1.82) is 0 Å². The third kappa shape index (κ3) is 4.90. The molecule has 26 heavy (non-hydrogen) atoms. The Morgan fingerprint density at radius 2 is 1.73 bits per heavy atom. The van der Waals surface area contributed by atoms with Crippen LogP contribution >= 0.6 is 23.2 Å². The molecule has 2 aromatic carbocycles. The maximum Gasteiger partial charge on any atom is 0.242 e. The molecule has 0 aliphatic carbocycles. The topological polar surface area (TPSA) is 58.6 Å². The van der Waals surface area contributed by atoms with Gasteiger partial charge in [0, 0.05) is 30.3 Å². The van der Waals surface area contributed by atoms with Crippen LogP contribution in [0.1, 0.15) is 5.56 Å². The SMILES string of the molecule is O=S(=O)(NCCc1ccc(N2CCOCC2)cc1)c1cc(Cl)ccc1Cl. The van der Waals surface area contributed by atoms with Crippen LogP contribution in [0.3, 0.4) is 0 Å². The molecule has 5 nitrogen and oxygen atoms in total. The zero-order valence-corrected chi connectivity index (χ0v) is 16.4. The van der Waals surface area contributed by atoms with Gasteiger partial charge in [0.2, 0.25) is 10.0 Å². The van der Waals surface area contributed by atoms with E-state index in [9.17, 15) is 8.42 Å². The van der Waals surface area contributed by atoms with Crippen molar-refractivity contribution in [3.05, 3.63) is 58.1 Å². The molecular formula is C18H20Cl2N2O3S. The van der Waals surface area contributed by atoms with E-state index in [4.69, 9.17) is 27.9 Å². The van der Waals surface area contributed by atoms with Crippen molar-refractivity contribution < 1.29 is 13.2 Å². The first-order chi connectivity index (χ1) is 12.5. The second-order valence-electron chi connectivity index (χ2n) is 5.99. The number of nitrogens with one attached hydrogen (secondary N) is 1. The van der Waals surface area contributed by atoms with Crippen molar-refractivity contribution in [2.24, 2.45) is 0 Å². The van der Waals surface area contributed by atoms with Gasteiger partial charge in [0.15, 0.2) is 0 Å². The summed E-state index contributed by atoms with van der Waals surface area (Å²) in [6.07, 6.45) is 0.584. The van der Waals surface area contributed by atoms with Crippen LogP contribution < -0.4 is 9.62 Å². The summed E-state index contributed by atoms with van der Waals surface area (Å²) in [6, 6.07) is 12.5. The van der Waals surface area contributed by atoms with Gasteiger partial charge in [0.05, 0.1) is 18.2 Å². The van der Waals surface area contributed by atoms with Gasteiger partial charge < -0.3 is 9.64 Å². The molecule has 1 heterocycles. The molecule has 1 saturated heterocycles. The molecule has 140 valence electrons. The molecule has 1 aliphatic rings. The number of morpholine rings is 1. The lowest BCUT2D eigenvalue weighted by atomic mass is 10.1. The van der Waals surface area contributed by atoms with Crippen molar-refractivity contribution in [2.75, 3.05) is 37.7 Å². The van der Waals surface area contributed by atoms with Crippen molar-refractivity contribution in [3.8, 4) is 0 Å². The summed E-state index contributed by atoms with van der Waals surface area (Å²) in [5.74, 6) is 0. The Labute approximate surface area is 163 Å². The van der Waals surface area contributed by atoms with Crippen LogP contribution in [0.4, 0.5) is 5.69 Å². The smallest absolute Gasteiger partial charge is 0.242 e. The van der Waals surface area contributed by atoms with Gasteiger partial charge >= 0.3 is 0 Å². The summed E-state index contributed by atoms with van der Waals surface area (Å²) in [4.78, 5) is 2.27. The number of hydrogen-bond donors (Lipinski definition) is 1. The molecule has 0 amide bonds. The Balaban J connectivity index is 1.58. The number of hydrogen-bond acceptors (Lipinski definition) is 4. The van der Waals surface area contributed by atoms with E-state index in [0.29, 0.717) is 11.4 Å². The van der Waals surface area contributed by atoms with Crippen molar-refractivity contribution >= 4 is 38.9 Å². The molecule has 3 rings (SSSR count). The second kappa shape index (κ2) is 8.59. The fourth-order valence-corrected chi connectivity index (χ4v) is 4.58. The van der Waals surface area contributed by atoms with Crippen molar-refractivity contribution in [2.45, 2.75) is 11.3 Å². The van der Waals surface area contributed by atoms with Crippen LogP contribution in [0.15, 0.2) is 47.4 Å². The number of benzene rings is 2. The van der Waals surface area contributed by atoms with Gasteiger partial charge in [0.25, 0.3) is 0 Å². The van der Waals surface area contributed by atoms with Crippen LogP contribution in [-0.2, 0) is 21.2 Å². The Bertz CT molecular complexity index is 851. The molecule has 1 N–H and O–H groups in total. The maximum atomic E-state index is 12.4. The minimum atomic E-state index is -3.70. The molecule has 2 aromatic rings. The van der Waals surface area contributed by atoms with E-state index in [1.54, 1.807) is 6.07 Å². The molecule has 1 aliphatic heterocycles. The average molecular weight is 415 g/mol. The van der Waals surface area contributed by atoms with Crippen molar-refractivity contribution in [1.82, 2.24) is 4.72 Å². The van der Waals surface area contributed by atoms with Crippen LogP contribution in [0, 0.1) is 0 Å². The highest BCUT2D eigenvalue weighted by Crippen LogP contribution is 2.24. The van der Waals surface area contributed by atoms with Crippen molar-refractivity contribution in [3.63, 3.8) is 0 Å². The quantitative estimate of drug-likeness (QED) is 0.786. The molecule has 0 unspecified atom stereocenters. The minimum Gasteiger partial charge on any atom is -0.378 e. The summed E-state index contributed by atoms with van der Waals surface area (Å²) in [6.45, 7) is 3.55. The number of rotatable bonds is 6. The lowest BCUT2D eigenvalue weighted by Crippen LogP contribution is -2.36. The van der Waals surface area contributed by atoms with Crippen LogP contribution in [0.2, 0.25) is 10.0 Å². The first kappa shape index (κ1) is 19.5. The highest BCUT2D eigenvalue weighted by Gasteiger charge is 2.18. The molecular weight excluding hydrogens is 395 g/mol. The summed E-state index contributed by atoms with van der Waals surface area (Å²) in [5.41, 5.74) is 2.21. The zero-order chi connectivity index (χ0) is 18.6. The fraction of sp³-hybridized carbons (Fsp3) is 0.333. The molecule has 0 radical (unpaired) electrons. The van der Waals surface area contributed by atoms with E-state index in [2.05, 4.69) is 21.8 Å². The normalized spacial score (nSPS) is 15.2. The van der Waals surface area contributed by atoms with Crippen LogP contribution in [0.25, 0.3) is 0 Å². The Morgan fingerprint density at radius 3 is 2.42 bits per heavy atom. The highest BCUT2D eigenvalue weighted by molar-refractivity contribution is 7.89. The monoisotopic (exact) mass is 414 g/mol. The predicted octanol–water partition coefficient (Wildman–Crippen LogP) is 3.35. The van der Waals surface area contributed by atoms with E-state index in [1.807, 2.05) is 12.1 Å². The molecule has 0 spiro atoms. The van der Waals surface area contributed by atoms with Gasteiger partial charge in [-0.15, -0.1) is 0 Å². The van der Waals surface area contributed by atoms with Gasteiger partial charge in [0.1, 0.15) is 4.90 Å². The molecule has 8 heteroatoms. The van der Waals surface area contributed by atoms with E-state index >= 15 is 0 Å². The summed E-state index contributed by atoms with van der Waals surface area (Å²) in [7, 11) is -3.70. The largest absolute Gasteiger partial charge is 0.378 e. The number of ether oxygens (including phenoxy) is 1. The van der Waals surface area contributed by atoms with Crippen LogP contribution in [0.5, 0.6) is 0 Å². The zero-order valence-electron chi connectivity index (χ0n) is 14.1. The van der Waals surface area contributed by atoms with Gasteiger partial charge in [-0.2, -0.15) is 0 Å². The molecule has 1 fully saturated rings. The molecule has 0 saturated carbocycles. The first-order valence-corrected chi connectivity index (χ1v) is 10.6. The lowest BCUT2D eigenvalue weighted by molar-refractivity contribution is 0.122. The summed E-state index contributed by atoms with van der Waals surface area (Å²) >= 11 is 11.8. The fourth-order valence-electron chi connectivity index (χ4n) is 2.79. The van der Waals surface area contributed by atoms with E-state index < -0.39 is 10.0 Å². The Kier molecular flexibility index (Phi) is 6.42. The van der Waals surface area contributed by atoms with Gasteiger partial charge in [-0.3, -0.25) is 0 Å². The minimum absolute atomic E-state index is 0.00525. The highest BCUT2D eigenvalue weighted by atomic mass is 35.5. The maximum absolute atomic E-state index is 12.4. The summed E-state index contributed by atoms with van der Waals surface area (Å²) < 4.78 is 32.7.